The summed E-state index contributed by atoms with van der Waals surface area (Å²) in [4.78, 5) is 24.4. The molecule has 1 aromatic rings. The normalized spacial score (nSPS) is 17.2. The van der Waals surface area contributed by atoms with Gasteiger partial charge in [0.2, 0.25) is 0 Å². The van der Waals surface area contributed by atoms with Gasteiger partial charge in [0.1, 0.15) is 22.6 Å². The van der Waals surface area contributed by atoms with Crippen LogP contribution >= 0.6 is 0 Å². The number of hydrogen-bond acceptors (Lipinski definition) is 5. The van der Waals surface area contributed by atoms with Crippen molar-refractivity contribution in [3.8, 4) is 5.75 Å². The second-order valence-corrected chi connectivity index (χ2v) is 6.99. The summed E-state index contributed by atoms with van der Waals surface area (Å²) < 4.78 is 38.7. The molecule has 1 fully saturated rings. The third-order valence-corrected chi connectivity index (χ3v) is 3.82. The number of nitrogens with one attached hydrogen (secondary N) is 1. The molecular weight excluding hydrogens is 350 g/mol. The van der Waals surface area contributed by atoms with Gasteiger partial charge in [-0.15, -0.1) is 0 Å². The van der Waals surface area contributed by atoms with Crippen LogP contribution in [0.1, 0.15) is 37.6 Å². The Morgan fingerprint density at radius 1 is 1.31 bits per heavy atom. The molecular formula is C17H22F2N2O5. The van der Waals surface area contributed by atoms with Gasteiger partial charge in [0.05, 0.1) is 13.2 Å². The molecule has 7 nitrogen and oxygen atoms in total. The maximum Gasteiger partial charge on any atom is 0.407 e. The molecule has 0 aliphatic carbocycles. The number of anilines is 1. The van der Waals surface area contributed by atoms with E-state index in [1.54, 1.807) is 20.8 Å². The molecule has 1 unspecified atom stereocenters. The van der Waals surface area contributed by atoms with Crippen LogP contribution in [0.3, 0.4) is 0 Å². The molecule has 1 atom stereocenters. The summed E-state index contributed by atoms with van der Waals surface area (Å²) in [5, 5.41) is 11.6. The minimum atomic E-state index is -1.59. The van der Waals surface area contributed by atoms with Crippen LogP contribution < -0.4 is 15.0 Å². The highest BCUT2D eigenvalue weighted by atomic mass is 19.2. The molecule has 1 aliphatic rings. The Labute approximate surface area is 149 Å². The molecule has 0 bridgehead atoms. The van der Waals surface area contributed by atoms with Crippen molar-refractivity contribution in [3.05, 3.63) is 23.3 Å². The summed E-state index contributed by atoms with van der Waals surface area (Å²) >= 11 is 0. The number of aromatic carboxylic acids is 1. The second-order valence-electron chi connectivity index (χ2n) is 6.99. The molecule has 0 spiro atoms. The number of halogens is 2. The monoisotopic (exact) mass is 372 g/mol. The van der Waals surface area contributed by atoms with Crippen molar-refractivity contribution >= 4 is 17.7 Å². The Morgan fingerprint density at radius 3 is 2.50 bits per heavy atom. The molecule has 1 amide bonds. The lowest BCUT2D eigenvalue weighted by Gasteiger charge is -2.24. The van der Waals surface area contributed by atoms with Crippen LogP contribution in [0.5, 0.6) is 5.75 Å². The summed E-state index contributed by atoms with van der Waals surface area (Å²) in [7, 11) is 1.24. The fraction of sp³-hybridized carbons (Fsp3) is 0.529. The van der Waals surface area contributed by atoms with Crippen LogP contribution in [-0.4, -0.2) is 49.0 Å². The molecule has 1 heterocycles. The van der Waals surface area contributed by atoms with Gasteiger partial charge in [-0.25, -0.2) is 18.4 Å². The molecule has 0 aromatic heterocycles. The number of carboxylic acids is 1. The number of benzene rings is 1. The number of amides is 1. The van der Waals surface area contributed by atoms with E-state index in [1.807, 2.05) is 0 Å². The lowest BCUT2D eigenvalue weighted by Crippen LogP contribution is -2.40. The Kier molecular flexibility index (Phi) is 5.58. The topological polar surface area (TPSA) is 88.1 Å². The first-order valence-electron chi connectivity index (χ1n) is 8.07. The predicted molar refractivity (Wildman–Crippen MR) is 89.9 cm³/mol. The second kappa shape index (κ2) is 7.35. The summed E-state index contributed by atoms with van der Waals surface area (Å²) in [6.07, 6.45) is -0.103. The Balaban J connectivity index is 2.19. The first-order chi connectivity index (χ1) is 12.0. The number of carboxylic acid groups (broad SMARTS) is 1. The van der Waals surface area contributed by atoms with Gasteiger partial charge in [-0.05, 0) is 33.3 Å². The maximum atomic E-state index is 14.5. The number of nitrogens with zero attached hydrogens (tertiary/aromatic N) is 1. The Bertz CT molecular complexity index is 718. The van der Waals surface area contributed by atoms with Gasteiger partial charge in [0.15, 0.2) is 11.6 Å². The van der Waals surface area contributed by atoms with Crippen LogP contribution in [0.4, 0.5) is 19.3 Å². The van der Waals surface area contributed by atoms with E-state index < -0.39 is 34.9 Å². The van der Waals surface area contributed by atoms with Crippen molar-refractivity contribution in [3.63, 3.8) is 0 Å². The van der Waals surface area contributed by atoms with Gasteiger partial charge in [-0.1, -0.05) is 0 Å². The van der Waals surface area contributed by atoms with E-state index in [9.17, 15) is 18.4 Å². The van der Waals surface area contributed by atoms with Crippen molar-refractivity contribution in [2.45, 2.75) is 38.8 Å². The number of ether oxygens (including phenoxy) is 2. The molecule has 9 heteroatoms. The minimum absolute atomic E-state index is 0.0841. The third kappa shape index (κ3) is 4.33. The first kappa shape index (κ1) is 19.7. The van der Waals surface area contributed by atoms with Crippen LogP contribution in [0.2, 0.25) is 0 Å². The molecule has 1 saturated heterocycles. The number of alkyl carbamates (subject to hydrolysis) is 1. The van der Waals surface area contributed by atoms with Gasteiger partial charge < -0.3 is 24.8 Å². The Hall–Kier alpha value is -2.58. The number of hydrogen-bond donors (Lipinski definition) is 2. The fourth-order valence-corrected chi connectivity index (χ4v) is 2.75. The summed E-state index contributed by atoms with van der Waals surface area (Å²) in [5.74, 6) is -4.41. The average molecular weight is 372 g/mol. The minimum Gasteiger partial charge on any atom is -0.494 e. The maximum absolute atomic E-state index is 14.5. The number of rotatable bonds is 4. The lowest BCUT2D eigenvalue weighted by atomic mass is 10.1. The molecule has 0 saturated carbocycles. The van der Waals surface area contributed by atoms with E-state index in [-0.39, 0.29) is 24.0 Å². The van der Waals surface area contributed by atoms with E-state index in [0.717, 1.165) is 6.07 Å². The fourth-order valence-electron chi connectivity index (χ4n) is 2.75. The van der Waals surface area contributed by atoms with Crippen molar-refractivity contribution in [1.29, 1.82) is 0 Å². The summed E-state index contributed by atoms with van der Waals surface area (Å²) in [6.45, 7) is 5.75. The summed E-state index contributed by atoms with van der Waals surface area (Å²) in [5.41, 5.74) is -1.61. The molecule has 2 N–H and O–H groups in total. The van der Waals surface area contributed by atoms with E-state index >= 15 is 0 Å². The standard InChI is InChI=1S/C17H22F2N2O5/c1-17(2,3)26-16(24)20-9-5-6-21(8-9)14-11(25-4)7-10(15(22)23)12(18)13(14)19/h7,9H,5-6,8H2,1-4H3,(H,20,24)(H,22,23). The highest BCUT2D eigenvalue weighted by Crippen LogP contribution is 2.36. The van der Waals surface area contributed by atoms with Crippen LogP contribution in [0.25, 0.3) is 0 Å². The molecule has 144 valence electrons. The average Bonchev–Trinajstić information content (AvgIpc) is 2.95. The summed E-state index contributed by atoms with van der Waals surface area (Å²) in [6, 6.07) is 0.626. The smallest absolute Gasteiger partial charge is 0.407 e. The van der Waals surface area contributed by atoms with Gasteiger partial charge in [0, 0.05) is 13.1 Å². The Morgan fingerprint density at radius 2 is 1.96 bits per heavy atom. The third-order valence-electron chi connectivity index (χ3n) is 3.82. The zero-order valence-electron chi connectivity index (χ0n) is 15.1. The lowest BCUT2D eigenvalue weighted by molar-refractivity contribution is 0.0508. The molecule has 1 aromatic carbocycles. The number of methoxy groups -OCH3 is 1. The predicted octanol–water partition coefficient (Wildman–Crippen LogP) is 2.78. The number of carbonyl (C=O) groups excluding carboxylic acids is 1. The van der Waals surface area contributed by atoms with Gasteiger partial charge in [-0.3, -0.25) is 0 Å². The van der Waals surface area contributed by atoms with Gasteiger partial charge in [0.25, 0.3) is 0 Å². The van der Waals surface area contributed by atoms with Crippen molar-refractivity contribution in [2.24, 2.45) is 0 Å². The van der Waals surface area contributed by atoms with Gasteiger partial charge >= 0.3 is 12.1 Å². The molecule has 0 radical (unpaired) electrons. The van der Waals surface area contributed by atoms with E-state index in [0.29, 0.717) is 13.0 Å². The quantitative estimate of drug-likeness (QED) is 0.845. The highest BCUT2D eigenvalue weighted by molar-refractivity contribution is 5.89. The van der Waals surface area contributed by atoms with Crippen LogP contribution in [-0.2, 0) is 4.74 Å². The van der Waals surface area contributed by atoms with Crippen LogP contribution in [0.15, 0.2) is 6.07 Å². The zero-order valence-corrected chi connectivity index (χ0v) is 15.1. The van der Waals surface area contributed by atoms with Crippen LogP contribution in [0, 0.1) is 11.6 Å². The van der Waals surface area contributed by atoms with Crippen molar-refractivity contribution < 1.29 is 33.0 Å². The first-order valence-corrected chi connectivity index (χ1v) is 8.07. The molecule has 26 heavy (non-hydrogen) atoms. The largest absolute Gasteiger partial charge is 0.494 e. The molecule has 1 aliphatic heterocycles. The van der Waals surface area contributed by atoms with Crippen molar-refractivity contribution in [2.75, 3.05) is 25.1 Å². The number of carbonyl (C=O) groups is 2. The van der Waals surface area contributed by atoms with Crippen molar-refractivity contribution in [1.82, 2.24) is 5.32 Å². The van der Waals surface area contributed by atoms with E-state index in [4.69, 9.17) is 14.6 Å². The van der Waals surface area contributed by atoms with E-state index in [2.05, 4.69) is 5.32 Å². The zero-order chi connectivity index (χ0) is 19.6. The SMILES string of the molecule is COc1cc(C(=O)O)c(F)c(F)c1N1CCC(NC(=O)OC(C)(C)C)C1. The van der Waals surface area contributed by atoms with Gasteiger partial charge in [-0.2, -0.15) is 0 Å². The highest BCUT2D eigenvalue weighted by Gasteiger charge is 2.32. The molecule has 2 rings (SSSR count). The van der Waals surface area contributed by atoms with E-state index in [1.165, 1.54) is 12.0 Å².